The summed E-state index contributed by atoms with van der Waals surface area (Å²) in [5.74, 6) is 0. The van der Waals surface area contributed by atoms with E-state index in [9.17, 15) is 0 Å². The van der Waals surface area contributed by atoms with Crippen molar-refractivity contribution in [3.05, 3.63) is 199 Å². The standard InChI is InChI=1S/C55H37NOS/c1-55(2)46-19-7-5-14-42(46)43-18-9-17-40(53(43)55)36-26-31-38(32-27-36)56(47-20-11-23-50-52(47)44-15-6-8-22-49(44)58-50)37-29-24-35(25-30-37)39-16-10-21-48-51(39)45-33-28-34-12-3-4-13-41(34)54(45)57-48/h3-33H,1-2H3. The van der Waals surface area contributed by atoms with Crippen LogP contribution in [0.2, 0.25) is 0 Å². The molecule has 0 fully saturated rings. The van der Waals surface area contributed by atoms with Gasteiger partial charge in [-0.25, -0.2) is 0 Å². The van der Waals surface area contributed by atoms with Gasteiger partial charge in [0.05, 0.1) is 5.69 Å². The lowest BCUT2D eigenvalue weighted by Gasteiger charge is -2.27. The van der Waals surface area contributed by atoms with Gasteiger partial charge in [0.25, 0.3) is 0 Å². The topological polar surface area (TPSA) is 16.4 Å². The first-order valence-electron chi connectivity index (χ1n) is 20.0. The minimum Gasteiger partial charge on any atom is -0.455 e. The number of hydrogen-bond donors (Lipinski definition) is 0. The zero-order chi connectivity index (χ0) is 38.5. The van der Waals surface area contributed by atoms with E-state index >= 15 is 0 Å². The molecule has 2 nitrogen and oxygen atoms in total. The molecule has 58 heavy (non-hydrogen) atoms. The summed E-state index contributed by atoms with van der Waals surface area (Å²) in [5, 5.41) is 7.17. The van der Waals surface area contributed by atoms with E-state index < -0.39 is 0 Å². The summed E-state index contributed by atoms with van der Waals surface area (Å²) in [6, 6.07) is 68.8. The first-order chi connectivity index (χ1) is 28.5. The molecule has 2 heterocycles. The molecule has 12 rings (SSSR count). The molecule has 0 bridgehead atoms. The highest BCUT2D eigenvalue weighted by atomic mass is 32.1. The van der Waals surface area contributed by atoms with Gasteiger partial charge in [0.15, 0.2) is 0 Å². The predicted molar refractivity (Wildman–Crippen MR) is 247 cm³/mol. The number of furan rings is 1. The SMILES string of the molecule is CC1(C)c2ccccc2-c2cccc(-c3ccc(N(c4ccc(-c5cccc6oc7c8ccccc8ccc7c56)cc4)c4cccc5sc6ccccc6c45)cc3)c21. The summed E-state index contributed by atoms with van der Waals surface area (Å²) >= 11 is 1.86. The summed E-state index contributed by atoms with van der Waals surface area (Å²) in [5.41, 5.74) is 15.5. The van der Waals surface area contributed by atoms with Crippen LogP contribution in [-0.2, 0) is 5.41 Å². The number of rotatable bonds is 5. The monoisotopic (exact) mass is 759 g/mol. The lowest BCUT2D eigenvalue weighted by atomic mass is 9.79. The number of fused-ring (bicyclic) bond motifs is 11. The van der Waals surface area contributed by atoms with E-state index in [4.69, 9.17) is 4.42 Å². The van der Waals surface area contributed by atoms with Crippen molar-refractivity contribution in [1.29, 1.82) is 0 Å². The number of thiophene rings is 1. The van der Waals surface area contributed by atoms with Gasteiger partial charge in [-0.3, -0.25) is 0 Å². The Kier molecular flexibility index (Phi) is 7.18. The van der Waals surface area contributed by atoms with Crippen molar-refractivity contribution in [2.75, 3.05) is 4.90 Å². The quantitative estimate of drug-likeness (QED) is 0.174. The van der Waals surface area contributed by atoms with Gasteiger partial charge in [-0.05, 0) is 104 Å². The van der Waals surface area contributed by atoms with Gasteiger partial charge in [-0.15, -0.1) is 11.3 Å². The number of benzene rings is 9. The molecule has 9 aromatic carbocycles. The van der Waals surface area contributed by atoms with Crippen molar-refractivity contribution in [2.45, 2.75) is 19.3 Å². The molecule has 0 amide bonds. The number of anilines is 3. The maximum atomic E-state index is 6.56. The van der Waals surface area contributed by atoms with Crippen LogP contribution in [0.4, 0.5) is 17.1 Å². The van der Waals surface area contributed by atoms with Crippen LogP contribution in [-0.4, -0.2) is 0 Å². The molecular formula is C55H37NOS. The molecule has 0 saturated heterocycles. The Morgan fingerprint density at radius 1 is 0.448 bits per heavy atom. The fourth-order valence-corrected chi connectivity index (χ4v) is 11.0. The maximum Gasteiger partial charge on any atom is 0.143 e. The van der Waals surface area contributed by atoms with E-state index in [-0.39, 0.29) is 5.41 Å². The van der Waals surface area contributed by atoms with Crippen molar-refractivity contribution in [3.63, 3.8) is 0 Å². The van der Waals surface area contributed by atoms with Crippen molar-refractivity contribution in [3.8, 4) is 33.4 Å². The lowest BCUT2D eigenvalue weighted by molar-refractivity contribution is 0.662. The third kappa shape index (κ3) is 4.84. The van der Waals surface area contributed by atoms with Gasteiger partial charge in [0, 0.05) is 53.1 Å². The van der Waals surface area contributed by atoms with Crippen LogP contribution in [0.3, 0.4) is 0 Å². The molecular weight excluding hydrogens is 723 g/mol. The average Bonchev–Trinajstić information content (AvgIpc) is 3.93. The molecule has 0 N–H and O–H groups in total. The van der Waals surface area contributed by atoms with Gasteiger partial charge < -0.3 is 9.32 Å². The highest BCUT2D eigenvalue weighted by Crippen LogP contribution is 2.52. The average molecular weight is 760 g/mol. The second-order valence-electron chi connectivity index (χ2n) is 16.0. The highest BCUT2D eigenvalue weighted by Gasteiger charge is 2.37. The second kappa shape index (κ2) is 12.5. The molecule has 3 heteroatoms. The summed E-state index contributed by atoms with van der Waals surface area (Å²) in [6.45, 7) is 4.73. The molecule has 0 spiro atoms. The summed E-state index contributed by atoms with van der Waals surface area (Å²) in [6.07, 6.45) is 0. The Labute approximate surface area is 340 Å². The van der Waals surface area contributed by atoms with Gasteiger partial charge in [-0.1, -0.05) is 147 Å². The van der Waals surface area contributed by atoms with Crippen LogP contribution in [0.1, 0.15) is 25.0 Å². The van der Waals surface area contributed by atoms with Crippen molar-refractivity contribution in [1.82, 2.24) is 0 Å². The second-order valence-corrected chi connectivity index (χ2v) is 17.1. The van der Waals surface area contributed by atoms with Crippen molar-refractivity contribution in [2.24, 2.45) is 0 Å². The van der Waals surface area contributed by atoms with Crippen LogP contribution >= 0.6 is 11.3 Å². The molecule has 1 aliphatic rings. The Morgan fingerprint density at radius 3 is 1.90 bits per heavy atom. The van der Waals surface area contributed by atoms with Gasteiger partial charge in [0.1, 0.15) is 11.2 Å². The third-order valence-electron chi connectivity index (χ3n) is 12.5. The van der Waals surface area contributed by atoms with E-state index in [0.717, 1.165) is 44.3 Å². The smallest absolute Gasteiger partial charge is 0.143 e. The van der Waals surface area contributed by atoms with Crippen molar-refractivity contribution < 1.29 is 4.42 Å². The summed E-state index contributed by atoms with van der Waals surface area (Å²) in [4.78, 5) is 2.43. The molecule has 1 aliphatic carbocycles. The zero-order valence-electron chi connectivity index (χ0n) is 32.2. The van der Waals surface area contributed by atoms with E-state index in [2.05, 4.69) is 207 Å². The predicted octanol–water partition coefficient (Wildman–Crippen LogP) is 16.2. The minimum absolute atomic E-state index is 0.0918. The summed E-state index contributed by atoms with van der Waals surface area (Å²) in [7, 11) is 0. The summed E-state index contributed by atoms with van der Waals surface area (Å²) < 4.78 is 9.14. The number of hydrogen-bond acceptors (Lipinski definition) is 3. The van der Waals surface area contributed by atoms with E-state index in [1.807, 2.05) is 11.3 Å². The third-order valence-corrected chi connectivity index (χ3v) is 13.6. The maximum absolute atomic E-state index is 6.56. The molecule has 0 atom stereocenters. The van der Waals surface area contributed by atoms with Gasteiger partial charge in [-0.2, -0.15) is 0 Å². The Morgan fingerprint density at radius 2 is 1.07 bits per heavy atom. The normalized spacial score (nSPS) is 13.1. The van der Waals surface area contributed by atoms with E-state index in [1.165, 1.54) is 70.2 Å². The Bertz CT molecular complexity index is 3420. The zero-order valence-corrected chi connectivity index (χ0v) is 33.0. The fraction of sp³-hybridized carbons (Fsp3) is 0.0545. The molecule has 0 radical (unpaired) electrons. The van der Waals surface area contributed by atoms with Gasteiger partial charge in [0.2, 0.25) is 0 Å². The highest BCUT2D eigenvalue weighted by molar-refractivity contribution is 7.26. The fourth-order valence-electron chi connectivity index (χ4n) is 9.83. The first-order valence-corrected chi connectivity index (χ1v) is 20.8. The largest absolute Gasteiger partial charge is 0.455 e. The van der Waals surface area contributed by atoms with Crippen LogP contribution in [0.5, 0.6) is 0 Å². The lowest BCUT2D eigenvalue weighted by Crippen LogP contribution is -2.16. The minimum atomic E-state index is -0.0918. The van der Waals surface area contributed by atoms with Crippen LogP contribution in [0.25, 0.3) is 86.3 Å². The number of nitrogens with zero attached hydrogens (tertiary/aromatic N) is 1. The molecule has 0 saturated carbocycles. The van der Waals surface area contributed by atoms with Crippen LogP contribution < -0.4 is 4.90 Å². The van der Waals surface area contributed by atoms with Gasteiger partial charge >= 0.3 is 0 Å². The Hall–Kier alpha value is -6.94. The van der Waals surface area contributed by atoms with Crippen molar-refractivity contribution >= 4 is 81.3 Å². The molecule has 0 aliphatic heterocycles. The Balaban J connectivity index is 1.00. The molecule has 0 unspecified atom stereocenters. The molecule has 11 aromatic rings. The van der Waals surface area contributed by atoms with E-state index in [0.29, 0.717) is 0 Å². The van der Waals surface area contributed by atoms with Crippen LogP contribution in [0, 0.1) is 0 Å². The molecule has 274 valence electrons. The first kappa shape index (κ1) is 33.2. The van der Waals surface area contributed by atoms with E-state index in [1.54, 1.807) is 0 Å². The van der Waals surface area contributed by atoms with Crippen LogP contribution in [0.15, 0.2) is 192 Å². The molecule has 2 aromatic heterocycles.